The third-order valence-electron chi connectivity index (χ3n) is 4.80. The van der Waals surface area contributed by atoms with Crippen molar-refractivity contribution in [3.05, 3.63) is 83.4 Å². The highest BCUT2D eigenvalue weighted by molar-refractivity contribution is 5.98. The van der Waals surface area contributed by atoms with Crippen LogP contribution in [0.3, 0.4) is 0 Å². The predicted molar refractivity (Wildman–Crippen MR) is 115 cm³/mol. The second-order valence-electron chi connectivity index (χ2n) is 7.24. The third kappa shape index (κ3) is 5.14. The minimum atomic E-state index is -4.47. The van der Waals surface area contributed by atoms with E-state index in [0.717, 1.165) is 17.7 Å². The average Bonchev–Trinajstić information content (AvgIpc) is 3.29. The van der Waals surface area contributed by atoms with E-state index in [1.54, 1.807) is 35.2 Å². The standard InChI is InChI=1S/C22H18F3N7O/c1-13-5-6-15(18(33)10-14-3-2-4-16(9-14)22(23,24)25)11-17(13)28-20-29-19(26)30-21(31-20)32-8-7-27-12-32/h2-9,11-12H,10H2,1H3,(H3,26,28,29,30,31). The second-order valence-corrected chi connectivity index (χ2v) is 7.24. The lowest BCUT2D eigenvalue weighted by molar-refractivity contribution is -0.137. The van der Waals surface area contributed by atoms with Crippen molar-refractivity contribution >= 4 is 23.4 Å². The molecule has 0 fully saturated rings. The number of anilines is 3. The number of nitrogen functional groups attached to an aromatic ring is 1. The molecule has 0 amide bonds. The Labute approximate surface area is 186 Å². The number of nitrogens with two attached hydrogens (primary N) is 1. The van der Waals surface area contributed by atoms with Crippen LogP contribution in [0.5, 0.6) is 0 Å². The van der Waals surface area contributed by atoms with Crippen molar-refractivity contribution in [3.8, 4) is 5.95 Å². The lowest BCUT2D eigenvalue weighted by atomic mass is 9.99. The molecule has 3 N–H and O–H groups in total. The zero-order valence-electron chi connectivity index (χ0n) is 17.3. The van der Waals surface area contributed by atoms with Crippen molar-refractivity contribution in [2.24, 2.45) is 0 Å². The number of carbonyl (C=O) groups is 1. The molecule has 4 aromatic rings. The van der Waals surface area contributed by atoms with E-state index in [1.165, 1.54) is 18.5 Å². The molecule has 0 aliphatic heterocycles. The second kappa shape index (κ2) is 8.69. The molecule has 0 saturated heterocycles. The highest BCUT2D eigenvalue weighted by atomic mass is 19.4. The molecule has 168 valence electrons. The SMILES string of the molecule is Cc1ccc(C(=O)Cc2cccc(C(F)(F)F)c2)cc1Nc1nc(N)nc(-n2ccnc2)n1. The van der Waals surface area contributed by atoms with Gasteiger partial charge in [-0.3, -0.25) is 9.36 Å². The number of Topliss-reactive ketones (excluding diaryl/α,β-unsaturated/α-hetero) is 1. The minimum Gasteiger partial charge on any atom is -0.368 e. The van der Waals surface area contributed by atoms with Gasteiger partial charge >= 0.3 is 6.18 Å². The first kappa shape index (κ1) is 21.9. The molecule has 0 aliphatic rings. The topological polar surface area (TPSA) is 112 Å². The summed E-state index contributed by atoms with van der Waals surface area (Å²) in [6, 6.07) is 9.68. The van der Waals surface area contributed by atoms with E-state index in [-0.39, 0.29) is 35.6 Å². The Morgan fingerprint density at radius 2 is 1.94 bits per heavy atom. The molecule has 0 unspecified atom stereocenters. The van der Waals surface area contributed by atoms with E-state index in [4.69, 9.17) is 5.73 Å². The quantitative estimate of drug-likeness (QED) is 0.422. The van der Waals surface area contributed by atoms with Crippen LogP contribution in [0.15, 0.2) is 61.2 Å². The zero-order valence-corrected chi connectivity index (χ0v) is 17.3. The fourth-order valence-corrected chi connectivity index (χ4v) is 3.13. The van der Waals surface area contributed by atoms with Gasteiger partial charge in [-0.1, -0.05) is 30.3 Å². The lowest BCUT2D eigenvalue weighted by Gasteiger charge is -2.12. The Morgan fingerprint density at radius 1 is 1.12 bits per heavy atom. The number of hydrogen-bond acceptors (Lipinski definition) is 7. The first-order valence-corrected chi connectivity index (χ1v) is 9.76. The van der Waals surface area contributed by atoms with Gasteiger partial charge in [-0.05, 0) is 30.2 Å². The number of benzene rings is 2. The van der Waals surface area contributed by atoms with Crippen LogP contribution in [0.25, 0.3) is 5.95 Å². The van der Waals surface area contributed by atoms with Gasteiger partial charge in [0.25, 0.3) is 0 Å². The summed E-state index contributed by atoms with van der Waals surface area (Å²) in [4.78, 5) is 29.2. The van der Waals surface area contributed by atoms with E-state index in [0.29, 0.717) is 11.3 Å². The molecule has 33 heavy (non-hydrogen) atoms. The Morgan fingerprint density at radius 3 is 2.67 bits per heavy atom. The van der Waals surface area contributed by atoms with E-state index in [1.807, 2.05) is 6.92 Å². The van der Waals surface area contributed by atoms with Crippen LogP contribution in [-0.4, -0.2) is 30.3 Å². The van der Waals surface area contributed by atoms with Crippen molar-refractivity contribution in [1.29, 1.82) is 0 Å². The molecular weight excluding hydrogens is 435 g/mol. The number of nitrogens with zero attached hydrogens (tertiary/aromatic N) is 5. The Balaban J connectivity index is 1.57. The van der Waals surface area contributed by atoms with E-state index >= 15 is 0 Å². The molecule has 0 bridgehead atoms. The van der Waals surface area contributed by atoms with Gasteiger partial charge in [0.1, 0.15) is 6.33 Å². The summed E-state index contributed by atoms with van der Waals surface area (Å²) >= 11 is 0. The van der Waals surface area contributed by atoms with Crippen molar-refractivity contribution in [1.82, 2.24) is 24.5 Å². The molecule has 2 heterocycles. The van der Waals surface area contributed by atoms with Crippen molar-refractivity contribution in [3.63, 3.8) is 0 Å². The highest BCUT2D eigenvalue weighted by Crippen LogP contribution is 2.30. The maximum Gasteiger partial charge on any atom is 0.416 e. The fraction of sp³-hybridized carbons (Fsp3) is 0.136. The minimum absolute atomic E-state index is 0.00868. The monoisotopic (exact) mass is 453 g/mol. The summed E-state index contributed by atoms with van der Waals surface area (Å²) in [5, 5.41) is 3.03. The van der Waals surface area contributed by atoms with Crippen LogP contribution in [0, 0.1) is 6.92 Å². The predicted octanol–water partition coefficient (Wildman–Crippen LogP) is 4.14. The van der Waals surface area contributed by atoms with E-state index in [9.17, 15) is 18.0 Å². The Bertz CT molecular complexity index is 1300. The summed E-state index contributed by atoms with van der Waals surface area (Å²) in [5.41, 5.74) is 6.96. The maximum absolute atomic E-state index is 13.0. The molecule has 4 rings (SSSR count). The molecule has 0 saturated carbocycles. The van der Waals surface area contributed by atoms with Gasteiger partial charge < -0.3 is 11.1 Å². The molecule has 0 atom stereocenters. The van der Waals surface area contributed by atoms with Crippen molar-refractivity contribution in [2.75, 3.05) is 11.1 Å². The Kier molecular flexibility index (Phi) is 5.78. The molecule has 8 nitrogen and oxygen atoms in total. The van der Waals surface area contributed by atoms with Gasteiger partial charge in [-0.15, -0.1) is 0 Å². The normalized spacial score (nSPS) is 11.4. The number of carbonyl (C=O) groups excluding carboxylic acids is 1. The fourth-order valence-electron chi connectivity index (χ4n) is 3.13. The number of imidazole rings is 1. The number of nitrogens with one attached hydrogen (secondary N) is 1. The van der Waals surface area contributed by atoms with Crippen molar-refractivity contribution in [2.45, 2.75) is 19.5 Å². The van der Waals surface area contributed by atoms with Crippen LogP contribution < -0.4 is 11.1 Å². The van der Waals surface area contributed by atoms with E-state index in [2.05, 4.69) is 25.3 Å². The number of hydrogen-bond donors (Lipinski definition) is 2. The smallest absolute Gasteiger partial charge is 0.368 e. The van der Waals surface area contributed by atoms with Gasteiger partial charge in [0.15, 0.2) is 5.78 Å². The van der Waals surface area contributed by atoms with Crippen LogP contribution in [-0.2, 0) is 12.6 Å². The van der Waals surface area contributed by atoms with E-state index < -0.39 is 11.7 Å². The summed E-state index contributed by atoms with van der Waals surface area (Å²) < 4.78 is 40.4. The summed E-state index contributed by atoms with van der Waals surface area (Å²) in [6.45, 7) is 1.82. The van der Waals surface area contributed by atoms with Crippen LogP contribution in [0.2, 0.25) is 0 Å². The van der Waals surface area contributed by atoms with Gasteiger partial charge in [-0.2, -0.15) is 28.1 Å². The first-order chi connectivity index (χ1) is 15.7. The first-order valence-electron chi connectivity index (χ1n) is 9.76. The molecule has 0 aliphatic carbocycles. The van der Waals surface area contributed by atoms with Gasteiger partial charge in [0.2, 0.25) is 17.8 Å². The van der Waals surface area contributed by atoms with Crippen LogP contribution in [0.1, 0.15) is 27.0 Å². The Hall–Kier alpha value is -4.28. The molecule has 11 heteroatoms. The highest BCUT2D eigenvalue weighted by Gasteiger charge is 2.30. The number of ketones is 1. The summed E-state index contributed by atoms with van der Waals surface area (Å²) in [7, 11) is 0. The molecule has 2 aromatic carbocycles. The van der Waals surface area contributed by atoms with Gasteiger partial charge in [-0.25, -0.2) is 4.98 Å². The molecule has 0 radical (unpaired) electrons. The maximum atomic E-state index is 13.0. The van der Waals surface area contributed by atoms with Gasteiger partial charge in [0, 0.05) is 30.1 Å². The number of halogens is 3. The van der Waals surface area contributed by atoms with Gasteiger partial charge in [0.05, 0.1) is 5.56 Å². The molecule has 2 aromatic heterocycles. The number of rotatable bonds is 6. The lowest BCUT2D eigenvalue weighted by Crippen LogP contribution is -2.10. The van der Waals surface area contributed by atoms with Crippen LogP contribution >= 0.6 is 0 Å². The molecule has 0 spiro atoms. The number of aryl methyl sites for hydroxylation is 1. The van der Waals surface area contributed by atoms with Crippen LogP contribution in [0.4, 0.5) is 30.8 Å². The largest absolute Gasteiger partial charge is 0.416 e. The van der Waals surface area contributed by atoms with Crippen molar-refractivity contribution < 1.29 is 18.0 Å². The number of alkyl halides is 3. The summed E-state index contributed by atoms with van der Waals surface area (Å²) in [6.07, 6.45) is 0.0856. The summed E-state index contributed by atoms with van der Waals surface area (Å²) in [5.74, 6) is 0.0889. The third-order valence-corrected chi connectivity index (χ3v) is 4.80. The number of aromatic nitrogens is 5. The zero-order chi connectivity index (χ0) is 23.6. The average molecular weight is 453 g/mol. The molecular formula is C22H18F3N7O.